The van der Waals surface area contributed by atoms with Gasteiger partial charge in [-0.1, -0.05) is 12.5 Å². The van der Waals surface area contributed by atoms with Gasteiger partial charge < -0.3 is 5.11 Å². The van der Waals surface area contributed by atoms with E-state index >= 15 is 0 Å². The van der Waals surface area contributed by atoms with Gasteiger partial charge in [0.15, 0.2) is 5.78 Å². The molecule has 2 saturated carbocycles. The van der Waals surface area contributed by atoms with Gasteiger partial charge in [0.2, 0.25) is 0 Å². The van der Waals surface area contributed by atoms with Crippen LogP contribution in [0.3, 0.4) is 0 Å². The lowest BCUT2D eigenvalue weighted by Gasteiger charge is -2.49. The zero-order valence-corrected chi connectivity index (χ0v) is 14.4. The Hall–Kier alpha value is -0.890. The van der Waals surface area contributed by atoms with Crippen LogP contribution in [0.2, 0.25) is 0 Å². The van der Waals surface area contributed by atoms with E-state index in [4.69, 9.17) is 0 Å². The van der Waals surface area contributed by atoms with Crippen LogP contribution >= 0.6 is 0 Å². The van der Waals surface area contributed by atoms with Crippen molar-refractivity contribution in [2.75, 3.05) is 6.61 Å². The number of rotatable bonds is 3. The van der Waals surface area contributed by atoms with Gasteiger partial charge in [0.25, 0.3) is 0 Å². The highest BCUT2D eigenvalue weighted by atomic mass is 16.2. The number of allylic oxidation sites excluding steroid dienone is 4. The molecule has 0 aliphatic heterocycles. The van der Waals surface area contributed by atoms with Crippen LogP contribution in [0.1, 0.15) is 71.1 Å². The van der Waals surface area contributed by atoms with Gasteiger partial charge in [0.1, 0.15) is 0 Å². The summed E-state index contributed by atoms with van der Waals surface area (Å²) >= 11 is 0. The molecule has 0 spiro atoms. The minimum Gasteiger partial charge on any atom is -0.396 e. The summed E-state index contributed by atoms with van der Waals surface area (Å²) in [5.74, 6) is 2.79. The Kier molecular flexibility index (Phi) is 3.99. The molecule has 0 amide bonds. The van der Waals surface area contributed by atoms with Crippen molar-refractivity contribution in [1.82, 2.24) is 0 Å². The molecule has 4 aliphatic rings. The smallest absolute Gasteiger partial charge is 0.156 e. The van der Waals surface area contributed by atoms with Crippen LogP contribution in [-0.4, -0.2) is 17.5 Å². The number of aliphatic hydroxyl groups is 1. The summed E-state index contributed by atoms with van der Waals surface area (Å²) in [5.41, 5.74) is 5.20. The van der Waals surface area contributed by atoms with Crippen molar-refractivity contribution >= 4 is 5.78 Å². The Balaban J connectivity index is 1.62. The first-order valence-electron chi connectivity index (χ1n) is 9.70. The molecule has 0 bridgehead atoms. The lowest BCUT2D eigenvalue weighted by Crippen LogP contribution is -2.40. The minimum atomic E-state index is 0.341. The number of carbonyl (C=O) groups is 1. The Morgan fingerprint density at radius 3 is 2.87 bits per heavy atom. The first-order valence-corrected chi connectivity index (χ1v) is 9.70. The van der Waals surface area contributed by atoms with Crippen LogP contribution in [0.15, 0.2) is 22.8 Å². The van der Waals surface area contributed by atoms with Gasteiger partial charge >= 0.3 is 0 Å². The maximum atomic E-state index is 11.7. The summed E-state index contributed by atoms with van der Waals surface area (Å²) in [5, 5.41) is 9.20. The summed E-state index contributed by atoms with van der Waals surface area (Å²) < 4.78 is 0. The molecule has 0 radical (unpaired) electrons. The molecular formula is C21H30O2. The fourth-order valence-corrected chi connectivity index (χ4v) is 6.45. The van der Waals surface area contributed by atoms with Gasteiger partial charge in [-0.25, -0.2) is 0 Å². The summed E-state index contributed by atoms with van der Waals surface area (Å²) in [7, 11) is 0. The maximum Gasteiger partial charge on any atom is 0.156 e. The highest BCUT2D eigenvalue weighted by Gasteiger charge is 2.52. The van der Waals surface area contributed by atoms with Gasteiger partial charge in [-0.15, -0.1) is 0 Å². The van der Waals surface area contributed by atoms with E-state index in [0.717, 1.165) is 43.4 Å². The normalized spacial score (nSPS) is 39.7. The van der Waals surface area contributed by atoms with E-state index in [1.165, 1.54) is 44.1 Å². The van der Waals surface area contributed by atoms with Crippen LogP contribution in [0.5, 0.6) is 0 Å². The molecule has 0 aromatic heterocycles. The maximum absolute atomic E-state index is 11.7. The number of hydrogen-bond acceptors (Lipinski definition) is 2. The van der Waals surface area contributed by atoms with E-state index in [1.54, 1.807) is 11.1 Å². The highest BCUT2D eigenvalue weighted by molar-refractivity contribution is 5.93. The molecule has 0 aromatic carbocycles. The Morgan fingerprint density at radius 2 is 2.04 bits per heavy atom. The van der Waals surface area contributed by atoms with Gasteiger partial charge in [-0.2, -0.15) is 0 Å². The lowest BCUT2D eigenvalue weighted by atomic mass is 9.55. The molecule has 0 saturated heterocycles. The van der Waals surface area contributed by atoms with Crippen LogP contribution in [0.4, 0.5) is 0 Å². The van der Waals surface area contributed by atoms with Crippen molar-refractivity contribution in [1.29, 1.82) is 0 Å². The van der Waals surface area contributed by atoms with Crippen molar-refractivity contribution in [3.63, 3.8) is 0 Å². The Labute approximate surface area is 140 Å². The average molecular weight is 314 g/mol. The van der Waals surface area contributed by atoms with Crippen LogP contribution in [-0.2, 0) is 4.79 Å². The van der Waals surface area contributed by atoms with E-state index in [9.17, 15) is 9.90 Å². The highest BCUT2D eigenvalue weighted by Crippen LogP contribution is 2.62. The standard InChI is InChI=1S/C21H30O2/c1-21-11-10-18-17-8-6-16(23)13-14(17)4-7-19(18)20(21)9-5-15(21)3-2-12-22/h13,15,19-20,22H,2-12H2,1H3/t15-,19+,20-,21-/m0/s1. The van der Waals surface area contributed by atoms with E-state index in [0.29, 0.717) is 17.8 Å². The molecule has 4 atom stereocenters. The van der Waals surface area contributed by atoms with Crippen LogP contribution in [0, 0.1) is 23.2 Å². The summed E-state index contributed by atoms with van der Waals surface area (Å²) in [4.78, 5) is 11.7. The predicted octanol–water partition coefficient (Wildman–Crippen LogP) is 4.58. The molecule has 0 unspecified atom stereocenters. The number of fused-ring (bicyclic) bond motifs is 4. The van der Waals surface area contributed by atoms with Crippen molar-refractivity contribution in [3.05, 3.63) is 22.8 Å². The molecular weight excluding hydrogens is 284 g/mol. The van der Waals surface area contributed by atoms with Crippen molar-refractivity contribution in [2.45, 2.75) is 71.1 Å². The first-order chi connectivity index (χ1) is 11.1. The zero-order chi connectivity index (χ0) is 16.0. The molecule has 1 N–H and O–H groups in total. The fourth-order valence-electron chi connectivity index (χ4n) is 6.45. The second kappa shape index (κ2) is 5.88. The van der Waals surface area contributed by atoms with E-state index < -0.39 is 0 Å². The van der Waals surface area contributed by atoms with Gasteiger partial charge in [0, 0.05) is 13.0 Å². The molecule has 2 nitrogen and oxygen atoms in total. The predicted molar refractivity (Wildman–Crippen MR) is 91.9 cm³/mol. The third-order valence-electron chi connectivity index (χ3n) is 7.64. The van der Waals surface area contributed by atoms with E-state index in [-0.39, 0.29) is 0 Å². The minimum absolute atomic E-state index is 0.341. The van der Waals surface area contributed by atoms with Gasteiger partial charge in [0.05, 0.1) is 0 Å². The number of ketones is 1. The summed E-state index contributed by atoms with van der Waals surface area (Å²) in [6.07, 6.45) is 13.6. The Morgan fingerprint density at radius 1 is 1.17 bits per heavy atom. The van der Waals surface area contributed by atoms with Crippen molar-refractivity contribution in [2.24, 2.45) is 23.2 Å². The number of carbonyl (C=O) groups excluding carboxylic acids is 1. The molecule has 4 rings (SSSR count). The first kappa shape index (κ1) is 15.6. The van der Waals surface area contributed by atoms with Crippen LogP contribution < -0.4 is 0 Å². The molecule has 126 valence electrons. The van der Waals surface area contributed by atoms with E-state index in [1.807, 2.05) is 6.08 Å². The summed E-state index contributed by atoms with van der Waals surface area (Å²) in [6, 6.07) is 0. The third-order valence-corrected chi connectivity index (χ3v) is 7.64. The fraction of sp³-hybridized carbons (Fsp3) is 0.762. The topological polar surface area (TPSA) is 37.3 Å². The quantitative estimate of drug-likeness (QED) is 0.828. The largest absolute Gasteiger partial charge is 0.396 e. The monoisotopic (exact) mass is 314 g/mol. The molecule has 4 aliphatic carbocycles. The third kappa shape index (κ3) is 2.45. The second-order valence-electron chi connectivity index (χ2n) is 8.54. The summed E-state index contributed by atoms with van der Waals surface area (Å²) in [6.45, 7) is 2.89. The SMILES string of the molecule is C[C@@]12CCC3=C4CCC(=O)C=C4CC[C@H]3[C@@H]1CC[C@@H]2CCCO. The van der Waals surface area contributed by atoms with Crippen LogP contribution in [0.25, 0.3) is 0 Å². The zero-order valence-electron chi connectivity index (χ0n) is 14.4. The molecule has 23 heavy (non-hydrogen) atoms. The van der Waals surface area contributed by atoms with Gasteiger partial charge in [-0.05, 0) is 98.2 Å². The molecule has 2 fully saturated rings. The molecule has 0 aromatic rings. The number of hydrogen-bond donors (Lipinski definition) is 1. The van der Waals surface area contributed by atoms with Gasteiger partial charge in [-0.3, -0.25) is 4.79 Å². The van der Waals surface area contributed by atoms with Crippen molar-refractivity contribution < 1.29 is 9.90 Å². The van der Waals surface area contributed by atoms with E-state index in [2.05, 4.69) is 6.92 Å². The van der Waals surface area contributed by atoms with Crippen molar-refractivity contribution in [3.8, 4) is 0 Å². The molecule has 2 heteroatoms. The average Bonchev–Trinajstić information content (AvgIpc) is 2.89. The number of aliphatic hydroxyl groups excluding tert-OH is 1. The second-order valence-corrected chi connectivity index (χ2v) is 8.54. The Bertz CT molecular complexity index is 570. The molecule has 0 heterocycles. The lowest BCUT2D eigenvalue weighted by molar-refractivity contribution is -0.114.